The van der Waals surface area contributed by atoms with E-state index in [2.05, 4.69) is 20.4 Å². The zero-order valence-corrected chi connectivity index (χ0v) is 23.7. The Labute approximate surface area is 241 Å². The van der Waals surface area contributed by atoms with Gasteiger partial charge in [-0.05, 0) is 22.7 Å². The molecule has 2 amide bonds. The van der Waals surface area contributed by atoms with E-state index in [1.165, 1.54) is 45.1 Å². The number of nitrogens with one attached hydrogen (secondary N) is 1. The summed E-state index contributed by atoms with van der Waals surface area (Å²) in [5, 5.41) is 25.8. The average Bonchev–Trinajstić information content (AvgIpc) is 3.54. The van der Waals surface area contributed by atoms with E-state index >= 15 is 0 Å². The van der Waals surface area contributed by atoms with Gasteiger partial charge in [0.25, 0.3) is 16.2 Å². The highest BCUT2D eigenvalue weighted by Crippen LogP contribution is 2.42. The number of carbonyl (C=O) groups is 4. The highest BCUT2D eigenvalue weighted by atomic mass is 32.2. The Bertz CT molecular complexity index is 1600. The van der Waals surface area contributed by atoms with Crippen LogP contribution in [-0.4, -0.2) is 84.1 Å². The summed E-state index contributed by atoms with van der Waals surface area (Å²) >= 11 is 5.26. The Hall–Kier alpha value is -3.74. The van der Waals surface area contributed by atoms with Gasteiger partial charge >= 0.3 is 17.6 Å². The molecule has 0 saturated carbocycles. The molecule has 3 aromatic rings. The van der Waals surface area contributed by atoms with E-state index in [1.54, 1.807) is 0 Å². The number of nitrogens with two attached hydrogens (primary N) is 1. The van der Waals surface area contributed by atoms with Gasteiger partial charge < -0.3 is 26.1 Å². The molecule has 0 radical (unpaired) electrons. The minimum absolute atomic E-state index is 0.0409. The Morgan fingerprint density at radius 1 is 1.35 bits per heavy atom. The van der Waals surface area contributed by atoms with Gasteiger partial charge in [0, 0.05) is 16.9 Å². The number of carboxylic acid groups (broad SMARTS) is 2. The van der Waals surface area contributed by atoms with Gasteiger partial charge in [-0.25, -0.2) is 19.1 Å². The second-order valence-corrected chi connectivity index (χ2v) is 12.6. The SMILES string of the molecule is C[n+]1cccc2sc(SCC3=C(C(=O)O)N4C(=O)C(NC(=O)C(=NOCC(=O)O)c5csc(N)n5)[C@@H]4SC3)nc21. The van der Waals surface area contributed by atoms with E-state index in [0.29, 0.717) is 17.1 Å². The van der Waals surface area contributed by atoms with E-state index < -0.39 is 41.8 Å². The van der Waals surface area contributed by atoms with Crippen LogP contribution in [0.5, 0.6) is 0 Å². The van der Waals surface area contributed by atoms with Crippen LogP contribution in [-0.2, 0) is 31.1 Å². The summed E-state index contributed by atoms with van der Waals surface area (Å²) in [7, 11) is 1.90. The number of carboxylic acids is 2. The van der Waals surface area contributed by atoms with E-state index in [-0.39, 0.29) is 22.2 Å². The molecule has 1 unspecified atom stereocenters. The molecule has 40 heavy (non-hydrogen) atoms. The second-order valence-electron chi connectivity index (χ2n) is 8.37. The van der Waals surface area contributed by atoms with Crippen molar-refractivity contribution in [3.63, 3.8) is 0 Å². The highest BCUT2D eigenvalue weighted by Gasteiger charge is 2.54. The van der Waals surface area contributed by atoms with Crippen molar-refractivity contribution < 1.29 is 38.8 Å². The molecule has 3 aromatic heterocycles. The van der Waals surface area contributed by atoms with Gasteiger partial charge in [-0.15, -0.1) is 23.1 Å². The largest absolute Gasteiger partial charge is 0.479 e. The number of amides is 2. The van der Waals surface area contributed by atoms with Crippen LogP contribution < -0.4 is 15.6 Å². The third-order valence-corrected chi connectivity index (χ3v) is 9.99. The van der Waals surface area contributed by atoms with E-state index in [1.807, 2.05) is 29.9 Å². The number of hydrogen-bond acceptors (Lipinski definition) is 13. The van der Waals surface area contributed by atoms with Crippen LogP contribution in [0, 0.1) is 0 Å². The first-order valence-electron chi connectivity index (χ1n) is 11.4. The van der Waals surface area contributed by atoms with Crippen LogP contribution in [0.3, 0.4) is 0 Å². The van der Waals surface area contributed by atoms with Crippen molar-refractivity contribution in [3.05, 3.63) is 40.7 Å². The molecule has 1 saturated heterocycles. The summed E-state index contributed by atoms with van der Waals surface area (Å²) < 4.78 is 3.69. The molecule has 14 nitrogen and oxygen atoms in total. The van der Waals surface area contributed by atoms with Crippen molar-refractivity contribution >= 4 is 91.1 Å². The summed E-state index contributed by atoms with van der Waals surface area (Å²) in [6.45, 7) is -0.798. The normalized spacial score (nSPS) is 18.9. The molecule has 5 heterocycles. The lowest BCUT2D eigenvalue weighted by molar-refractivity contribution is -0.646. The highest BCUT2D eigenvalue weighted by molar-refractivity contribution is 8.02. The third kappa shape index (κ3) is 5.47. The van der Waals surface area contributed by atoms with Gasteiger partial charge in [0.05, 0.1) is 13.2 Å². The Balaban J connectivity index is 1.31. The van der Waals surface area contributed by atoms with Crippen molar-refractivity contribution in [2.24, 2.45) is 12.2 Å². The number of nitrogens with zero attached hydrogens (tertiary/aromatic N) is 5. The van der Waals surface area contributed by atoms with Crippen LogP contribution >= 0.6 is 46.2 Å². The molecule has 5 N–H and O–H groups in total. The predicted octanol–water partition coefficient (Wildman–Crippen LogP) is 0.496. The molecular weight excluding hydrogens is 603 g/mol. The number of pyridine rings is 1. The third-order valence-electron chi connectivity index (χ3n) is 5.74. The van der Waals surface area contributed by atoms with Gasteiger partial charge in [-0.3, -0.25) is 14.5 Å². The fourth-order valence-electron chi connectivity index (χ4n) is 3.96. The molecule has 0 aromatic carbocycles. The number of aromatic nitrogens is 3. The molecule has 2 atom stereocenters. The minimum atomic E-state index is -1.30. The predicted molar refractivity (Wildman–Crippen MR) is 148 cm³/mol. The van der Waals surface area contributed by atoms with Crippen LogP contribution in [0.1, 0.15) is 5.69 Å². The molecule has 2 aliphatic rings. The molecule has 0 aliphatic carbocycles. The molecular formula is C22H20N7O7S4+. The fraction of sp³-hybridized carbons (Fsp3) is 0.273. The van der Waals surface area contributed by atoms with E-state index in [0.717, 1.165) is 26.0 Å². The molecule has 2 aliphatic heterocycles. The smallest absolute Gasteiger partial charge is 0.352 e. The van der Waals surface area contributed by atoms with Crippen molar-refractivity contribution in [3.8, 4) is 0 Å². The summed E-state index contributed by atoms with van der Waals surface area (Å²) in [5.41, 5.74) is 6.61. The number of aryl methyl sites for hydroxylation is 1. The van der Waals surface area contributed by atoms with Crippen molar-refractivity contribution in [1.29, 1.82) is 0 Å². The number of nitrogen functional groups attached to an aromatic ring is 1. The van der Waals surface area contributed by atoms with Crippen LogP contribution in [0.4, 0.5) is 5.13 Å². The number of hydrogen-bond donors (Lipinski definition) is 4. The number of thiazole rings is 2. The summed E-state index contributed by atoms with van der Waals surface area (Å²) in [5.74, 6) is -3.32. The number of carbonyl (C=O) groups excluding carboxylic acids is 2. The first kappa shape index (κ1) is 27.8. The lowest BCUT2D eigenvalue weighted by Crippen LogP contribution is -2.71. The first-order chi connectivity index (χ1) is 19.1. The van der Waals surface area contributed by atoms with Gasteiger partial charge in [0.1, 0.15) is 27.5 Å². The number of thioether (sulfide) groups is 2. The van der Waals surface area contributed by atoms with Crippen molar-refractivity contribution in [2.45, 2.75) is 15.8 Å². The van der Waals surface area contributed by atoms with Gasteiger partial charge in [-0.1, -0.05) is 28.3 Å². The number of rotatable bonds is 10. The lowest BCUT2D eigenvalue weighted by atomic mass is 10.0. The quantitative estimate of drug-likeness (QED) is 0.0803. The monoisotopic (exact) mass is 622 g/mol. The Morgan fingerprint density at radius 2 is 2.15 bits per heavy atom. The molecule has 0 bridgehead atoms. The second kappa shape index (κ2) is 11.4. The standard InChI is InChI=1S/C22H19N7O7S4/c1-28-4-2-3-11-16(28)26-22(40-11)39-7-9-6-37-19-14(18(33)29(19)15(9)20(34)35)25-17(32)13(27-36-5-12(30)31)10-8-38-21(23)24-10/h2-4,8,14,19H,5-7H2,1H3,(H4-,23,24,25,30,31,32,34,35)/p+1/t14?,19-/m0/s1. The Kier molecular flexibility index (Phi) is 7.92. The minimum Gasteiger partial charge on any atom is -0.479 e. The zero-order valence-electron chi connectivity index (χ0n) is 20.5. The number of aliphatic carboxylic acids is 2. The number of oxime groups is 1. The number of β-lactam (4-membered cyclic amide) rings is 1. The molecule has 208 valence electrons. The van der Waals surface area contributed by atoms with Crippen LogP contribution in [0.25, 0.3) is 10.3 Å². The van der Waals surface area contributed by atoms with Crippen LogP contribution in [0.15, 0.2) is 44.5 Å². The van der Waals surface area contributed by atoms with Gasteiger partial charge in [0.2, 0.25) is 6.61 Å². The summed E-state index contributed by atoms with van der Waals surface area (Å²) in [6, 6.07) is 2.85. The summed E-state index contributed by atoms with van der Waals surface area (Å²) in [4.78, 5) is 63.6. The Morgan fingerprint density at radius 3 is 2.83 bits per heavy atom. The van der Waals surface area contributed by atoms with Crippen LogP contribution in [0.2, 0.25) is 0 Å². The lowest BCUT2D eigenvalue weighted by Gasteiger charge is -2.49. The number of anilines is 1. The molecule has 1 fully saturated rings. The maximum absolute atomic E-state index is 13.1. The summed E-state index contributed by atoms with van der Waals surface area (Å²) in [6.07, 6.45) is 1.90. The van der Waals surface area contributed by atoms with E-state index in [4.69, 9.17) is 15.7 Å². The fourth-order valence-corrected chi connectivity index (χ4v) is 8.10. The maximum atomic E-state index is 13.1. The van der Waals surface area contributed by atoms with Gasteiger partial charge in [-0.2, -0.15) is 0 Å². The van der Waals surface area contributed by atoms with E-state index in [9.17, 15) is 24.3 Å². The topological polar surface area (TPSA) is 201 Å². The van der Waals surface area contributed by atoms with Gasteiger partial charge in [0.15, 0.2) is 10.8 Å². The van der Waals surface area contributed by atoms with Crippen molar-refractivity contribution in [2.75, 3.05) is 23.8 Å². The molecule has 0 spiro atoms. The average molecular weight is 623 g/mol. The molecule has 5 rings (SSSR count). The molecule has 18 heteroatoms. The number of fused-ring (bicyclic) bond motifs is 2. The maximum Gasteiger partial charge on any atom is 0.352 e. The first-order valence-corrected chi connectivity index (χ1v) is 15.1. The zero-order chi connectivity index (χ0) is 28.6. The van der Waals surface area contributed by atoms with Crippen molar-refractivity contribution in [1.82, 2.24) is 20.2 Å².